The van der Waals surface area contributed by atoms with Crippen LogP contribution in [-0.2, 0) is 0 Å². The van der Waals surface area contributed by atoms with Gasteiger partial charge in [-0.25, -0.2) is 0 Å². The van der Waals surface area contributed by atoms with Gasteiger partial charge in [0.25, 0.3) is 0 Å². The molecule has 0 saturated heterocycles. The predicted octanol–water partition coefficient (Wildman–Crippen LogP) is 16.8. The minimum absolute atomic E-state index is 0.906. The van der Waals surface area contributed by atoms with Crippen LogP contribution in [0, 0.1) is 0 Å². The third kappa shape index (κ3) is 5.23. The summed E-state index contributed by atoms with van der Waals surface area (Å²) in [6, 6.07) is 81.8. The highest BCUT2D eigenvalue weighted by Gasteiger charge is 2.20. The molecule has 0 N–H and O–H groups in total. The third-order valence-electron chi connectivity index (χ3n) is 13.0. The number of para-hydroxylation sites is 2. The normalized spacial score (nSPS) is 11.9. The van der Waals surface area contributed by atoms with Crippen LogP contribution in [0.15, 0.2) is 229 Å². The van der Waals surface area contributed by atoms with E-state index in [4.69, 9.17) is 4.42 Å². The molecule has 13 aromatic rings. The molecule has 0 bridgehead atoms. The van der Waals surface area contributed by atoms with E-state index in [2.05, 4.69) is 223 Å². The first kappa shape index (κ1) is 34.6. The number of hydrogen-bond acceptors (Lipinski definition) is 1. The van der Waals surface area contributed by atoms with Gasteiger partial charge in [0.15, 0.2) is 0 Å². The maximum absolute atomic E-state index is 6.55. The van der Waals surface area contributed by atoms with E-state index in [1.165, 1.54) is 82.0 Å². The highest BCUT2D eigenvalue weighted by Crippen LogP contribution is 2.45. The lowest BCUT2D eigenvalue weighted by Crippen LogP contribution is -1.95. The molecule has 0 spiro atoms. The fraction of sp³-hybridized carbons (Fsp3) is 0. The molecule has 2 nitrogen and oxygen atoms in total. The van der Waals surface area contributed by atoms with Crippen molar-refractivity contribution in [3.05, 3.63) is 224 Å². The van der Waals surface area contributed by atoms with E-state index in [0.717, 1.165) is 44.3 Å². The Hall–Kier alpha value is -8.20. The van der Waals surface area contributed by atoms with Crippen LogP contribution in [0.1, 0.15) is 0 Å². The molecule has 0 aliphatic rings. The van der Waals surface area contributed by atoms with Gasteiger partial charge in [-0.15, -0.1) is 0 Å². The van der Waals surface area contributed by atoms with Gasteiger partial charge in [-0.05, 0) is 114 Å². The summed E-state index contributed by atoms with van der Waals surface area (Å²) in [7, 11) is 0. The lowest BCUT2D eigenvalue weighted by molar-refractivity contribution is 0.670. The van der Waals surface area contributed by atoms with E-state index in [0.29, 0.717) is 0 Å². The quantitative estimate of drug-likeness (QED) is 0.159. The molecule has 0 aliphatic heterocycles. The van der Waals surface area contributed by atoms with Crippen molar-refractivity contribution >= 4 is 76.1 Å². The average molecular weight is 788 g/mol. The molecule has 0 aliphatic carbocycles. The zero-order chi connectivity index (χ0) is 40.7. The molecule has 0 radical (unpaired) electrons. The van der Waals surface area contributed by atoms with Crippen LogP contribution >= 0.6 is 0 Å². The summed E-state index contributed by atoms with van der Waals surface area (Å²) in [4.78, 5) is 0. The van der Waals surface area contributed by atoms with E-state index in [9.17, 15) is 0 Å². The summed E-state index contributed by atoms with van der Waals surface area (Å²) in [5.74, 6) is 0. The molecule has 13 rings (SSSR count). The first-order valence-electron chi connectivity index (χ1n) is 21.3. The van der Waals surface area contributed by atoms with Gasteiger partial charge in [-0.2, -0.15) is 0 Å². The van der Waals surface area contributed by atoms with Gasteiger partial charge >= 0.3 is 0 Å². The molecule has 0 fully saturated rings. The van der Waals surface area contributed by atoms with Crippen LogP contribution in [0.5, 0.6) is 0 Å². The number of furan rings is 1. The van der Waals surface area contributed by atoms with Crippen molar-refractivity contribution in [2.75, 3.05) is 0 Å². The lowest BCUT2D eigenvalue weighted by atomic mass is 9.86. The Morgan fingerprint density at radius 3 is 1.42 bits per heavy atom. The predicted molar refractivity (Wildman–Crippen MR) is 262 cm³/mol. The van der Waals surface area contributed by atoms with Crippen LogP contribution in [-0.4, -0.2) is 4.57 Å². The second-order valence-electron chi connectivity index (χ2n) is 16.4. The number of rotatable bonds is 5. The zero-order valence-electron chi connectivity index (χ0n) is 33.7. The molecule has 0 amide bonds. The van der Waals surface area contributed by atoms with Gasteiger partial charge < -0.3 is 8.98 Å². The topological polar surface area (TPSA) is 18.1 Å². The highest BCUT2D eigenvalue weighted by atomic mass is 16.3. The van der Waals surface area contributed by atoms with E-state index in [-0.39, 0.29) is 0 Å². The maximum Gasteiger partial charge on any atom is 0.143 e. The van der Waals surface area contributed by atoms with Crippen LogP contribution in [0.4, 0.5) is 0 Å². The largest absolute Gasteiger partial charge is 0.455 e. The number of benzene rings is 11. The maximum atomic E-state index is 6.55. The van der Waals surface area contributed by atoms with Crippen LogP contribution in [0.2, 0.25) is 0 Å². The molecular formula is C60H37NO. The van der Waals surface area contributed by atoms with Crippen molar-refractivity contribution in [3.8, 4) is 50.2 Å². The third-order valence-corrected chi connectivity index (χ3v) is 13.0. The molecule has 288 valence electrons. The first-order chi connectivity index (χ1) is 30.8. The van der Waals surface area contributed by atoms with E-state index < -0.39 is 0 Å². The summed E-state index contributed by atoms with van der Waals surface area (Å²) >= 11 is 0. The summed E-state index contributed by atoms with van der Waals surface area (Å²) < 4.78 is 8.99. The SMILES string of the molecule is c1ccc(-c2c3ccccc3c(-c3ccc(-n4c5ccc(-c6cccc7ccccc67)cc5c5cc(-c6cccc7c6oc6ccccc67)ccc54)cc3)c3ccccc23)cc1. The second kappa shape index (κ2) is 13.7. The minimum Gasteiger partial charge on any atom is -0.455 e. The minimum atomic E-state index is 0.906. The van der Waals surface area contributed by atoms with Gasteiger partial charge in [-0.1, -0.05) is 182 Å². The van der Waals surface area contributed by atoms with Crippen molar-refractivity contribution in [1.29, 1.82) is 0 Å². The molecule has 2 aromatic heterocycles. The van der Waals surface area contributed by atoms with Crippen molar-refractivity contribution in [2.45, 2.75) is 0 Å². The van der Waals surface area contributed by atoms with Gasteiger partial charge in [0, 0.05) is 32.8 Å². The van der Waals surface area contributed by atoms with Gasteiger partial charge in [0.2, 0.25) is 0 Å². The van der Waals surface area contributed by atoms with Crippen molar-refractivity contribution in [1.82, 2.24) is 4.57 Å². The summed E-state index contributed by atoms with van der Waals surface area (Å²) in [6.45, 7) is 0. The second-order valence-corrected chi connectivity index (χ2v) is 16.4. The lowest BCUT2D eigenvalue weighted by Gasteiger charge is -2.18. The Balaban J connectivity index is 1.02. The molecule has 0 atom stereocenters. The first-order valence-corrected chi connectivity index (χ1v) is 21.3. The standard InChI is InChI=1S/C60H37NO/c1-2-15-39(16-3-1)58-48-20-6-8-22-50(48)59(51-23-9-7-21-49(51)58)40-28-32-43(33-29-40)61-55-34-30-41(45-24-12-17-38-14-4-5-18-44(38)45)36-53(55)54-37-42(31-35-56(54)61)46-25-13-26-52-47-19-10-11-27-57(47)62-60(46)52/h1-37H. The Labute approximate surface area is 358 Å². The average Bonchev–Trinajstić information content (AvgIpc) is 3.89. The molecule has 2 heteroatoms. The summed E-state index contributed by atoms with van der Waals surface area (Å²) in [5, 5.41) is 12.2. The van der Waals surface area contributed by atoms with Gasteiger partial charge in [0.05, 0.1) is 11.0 Å². The summed E-state index contributed by atoms with van der Waals surface area (Å²) in [5.41, 5.74) is 14.9. The highest BCUT2D eigenvalue weighted by molar-refractivity contribution is 6.21. The van der Waals surface area contributed by atoms with Crippen molar-refractivity contribution in [3.63, 3.8) is 0 Å². The van der Waals surface area contributed by atoms with Crippen molar-refractivity contribution in [2.24, 2.45) is 0 Å². The molecule has 0 saturated carbocycles. The van der Waals surface area contributed by atoms with Gasteiger partial charge in [0.1, 0.15) is 11.2 Å². The van der Waals surface area contributed by atoms with Crippen LogP contribution in [0.3, 0.4) is 0 Å². The molecule has 2 heterocycles. The molecular weight excluding hydrogens is 751 g/mol. The van der Waals surface area contributed by atoms with E-state index in [1.54, 1.807) is 0 Å². The fourth-order valence-electron chi connectivity index (χ4n) is 10.2. The van der Waals surface area contributed by atoms with Crippen LogP contribution < -0.4 is 0 Å². The van der Waals surface area contributed by atoms with Gasteiger partial charge in [-0.3, -0.25) is 0 Å². The number of hydrogen-bond donors (Lipinski definition) is 0. The molecule has 11 aromatic carbocycles. The smallest absolute Gasteiger partial charge is 0.143 e. The summed E-state index contributed by atoms with van der Waals surface area (Å²) in [6.07, 6.45) is 0. The fourth-order valence-corrected chi connectivity index (χ4v) is 10.2. The zero-order valence-corrected chi connectivity index (χ0v) is 33.7. The monoisotopic (exact) mass is 787 g/mol. The Morgan fingerprint density at radius 1 is 0.290 bits per heavy atom. The number of fused-ring (bicyclic) bond motifs is 9. The molecule has 0 unspecified atom stereocenters. The Kier molecular flexibility index (Phi) is 7.64. The van der Waals surface area contributed by atoms with E-state index in [1.807, 2.05) is 6.07 Å². The number of aromatic nitrogens is 1. The molecule has 62 heavy (non-hydrogen) atoms. The Bertz CT molecular complexity index is 3840. The van der Waals surface area contributed by atoms with Crippen molar-refractivity contribution < 1.29 is 4.42 Å². The Morgan fingerprint density at radius 2 is 0.758 bits per heavy atom. The van der Waals surface area contributed by atoms with E-state index >= 15 is 0 Å². The number of nitrogens with zero attached hydrogens (tertiary/aromatic N) is 1. The van der Waals surface area contributed by atoms with Crippen LogP contribution in [0.25, 0.3) is 126 Å².